The number of ether oxygens (including phenoxy) is 1. The Kier molecular flexibility index (Phi) is 4.51. The molecule has 0 spiro atoms. The Labute approximate surface area is 160 Å². The Bertz CT molecular complexity index is 970. The van der Waals surface area contributed by atoms with Crippen molar-refractivity contribution >= 4 is 44.8 Å². The monoisotopic (exact) mass is 387 g/mol. The summed E-state index contributed by atoms with van der Waals surface area (Å²) < 4.78 is 7.18. The topological polar surface area (TPSA) is 49.8 Å². The third kappa shape index (κ3) is 2.91. The van der Waals surface area contributed by atoms with E-state index in [4.69, 9.17) is 16.3 Å². The van der Waals surface area contributed by atoms with Crippen molar-refractivity contribution in [2.45, 2.75) is 19.4 Å². The maximum absolute atomic E-state index is 11.7. The van der Waals surface area contributed by atoms with Crippen LogP contribution in [0.4, 0.5) is 10.5 Å². The van der Waals surface area contributed by atoms with Crippen LogP contribution < -0.4 is 9.64 Å². The van der Waals surface area contributed by atoms with Crippen LogP contribution in [0.25, 0.3) is 10.1 Å². The van der Waals surface area contributed by atoms with Gasteiger partial charge in [0.1, 0.15) is 12.4 Å². The lowest BCUT2D eigenvalue weighted by atomic mass is 10.0. The maximum atomic E-state index is 11.7. The molecule has 134 valence electrons. The van der Waals surface area contributed by atoms with Gasteiger partial charge in [0.15, 0.2) is 0 Å². The predicted molar refractivity (Wildman–Crippen MR) is 106 cm³/mol. The maximum Gasteiger partial charge on any atom is 0.411 e. The van der Waals surface area contributed by atoms with Gasteiger partial charge in [0.25, 0.3) is 0 Å². The molecule has 0 bridgehead atoms. The second kappa shape index (κ2) is 6.82. The largest absolute Gasteiger partial charge is 0.488 e. The van der Waals surface area contributed by atoms with E-state index in [1.807, 2.05) is 36.4 Å². The fourth-order valence-corrected chi connectivity index (χ4v) is 4.88. The van der Waals surface area contributed by atoms with Gasteiger partial charge in [-0.2, -0.15) is 0 Å². The van der Waals surface area contributed by atoms with E-state index < -0.39 is 6.09 Å². The molecule has 0 aliphatic carbocycles. The smallest absolute Gasteiger partial charge is 0.411 e. The molecule has 0 fully saturated rings. The number of hydrogen-bond acceptors (Lipinski definition) is 3. The van der Waals surface area contributed by atoms with Gasteiger partial charge in [-0.1, -0.05) is 30.3 Å². The van der Waals surface area contributed by atoms with Gasteiger partial charge < -0.3 is 9.84 Å². The number of thiophene rings is 1. The summed E-state index contributed by atoms with van der Waals surface area (Å²) in [4.78, 5) is 14.3. The van der Waals surface area contributed by atoms with E-state index in [0.717, 1.165) is 21.2 Å². The quantitative estimate of drug-likeness (QED) is 0.592. The Hall–Kier alpha value is -2.24. The van der Waals surface area contributed by atoms with E-state index in [2.05, 4.69) is 13.0 Å². The fraction of sp³-hybridized carbons (Fsp3) is 0.250. The molecule has 2 aromatic carbocycles. The van der Waals surface area contributed by atoms with Crippen LogP contribution in [-0.4, -0.2) is 23.6 Å². The Morgan fingerprint density at radius 1 is 1.35 bits per heavy atom. The molecular weight excluding hydrogens is 370 g/mol. The zero-order valence-corrected chi connectivity index (χ0v) is 15.8. The highest BCUT2D eigenvalue weighted by Crippen LogP contribution is 2.48. The van der Waals surface area contributed by atoms with E-state index in [-0.39, 0.29) is 5.92 Å². The molecular formula is C20H18ClNO3S. The van der Waals surface area contributed by atoms with Crippen LogP contribution in [-0.2, 0) is 6.61 Å². The van der Waals surface area contributed by atoms with Crippen LogP contribution in [0.2, 0.25) is 0 Å². The summed E-state index contributed by atoms with van der Waals surface area (Å²) in [5.74, 6) is 1.12. The second-order valence-electron chi connectivity index (χ2n) is 6.43. The minimum atomic E-state index is -0.958. The molecule has 1 N–H and O–H groups in total. The molecule has 0 saturated carbocycles. The van der Waals surface area contributed by atoms with Crippen molar-refractivity contribution in [1.29, 1.82) is 0 Å². The van der Waals surface area contributed by atoms with Crippen LogP contribution in [0.1, 0.15) is 21.9 Å². The van der Waals surface area contributed by atoms with Crippen molar-refractivity contribution in [3.8, 4) is 5.75 Å². The van der Waals surface area contributed by atoms with Gasteiger partial charge in [0.05, 0.1) is 5.69 Å². The average molecular weight is 388 g/mol. The normalized spacial score (nSPS) is 16.1. The fourth-order valence-electron chi connectivity index (χ4n) is 3.48. The van der Waals surface area contributed by atoms with Gasteiger partial charge in [-0.15, -0.1) is 22.9 Å². The number of hydrogen-bond donors (Lipinski definition) is 1. The van der Waals surface area contributed by atoms with E-state index in [0.29, 0.717) is 30.5 Å². The molecule has 0 saturated heterocycles. The van der Waals surface area contributed by atoms with Crippen LogP contribution >= 0.6 is 22.9 Å². The molecule has 1 atom stereocenters. The molecule has 2 heterocycles. The molecule has 1 aromatic heterocycles. The number of carbonyl (C=O) groups is 1. The van der Waals surface area contributed by atoms with Gasteiger partial charge in [-0.05, 0) is 18.6 Å². The second-order valence-corrected chi connectivity index (χ2v) is 7.99. The highest BCUT2D eigenvalue weighted by molar-refractivity contribution is 7.19. The SMILES string of the molecule is Cc1cc2c(OCc3ccccc3)cc3c(c2s1)[C@H](CCl)CN3C(=O)O. The number of rotatable bonds is 4. The number of nitrogens with zero attached hydrogens (tertiary/aromatic N) is 1. The van der Waals surface area contributed by atoms with E-state index in [9.17, 15) is 9.90 Å². The lowest BCUT2D eigenvalue weighted by Crippen LogP contribution is -2.28. The van der Waals surface area contributed by atoms with Crippen LogP contribution in [0, 0.1) is 6.92 Å². The number of carboxylic acid groups (broad SMARTS) is 1. The first-order valence-electron chi connectivity index (χ1n) is 8.38. The number of fused-ring (bicyclic) bond motifs is 3. The van der Waals surface area contributed by atoms with Crippen molar-refractivity contribution in [3.05, 3.63) is 58.5 Å². The van der Waals surface area contributed by atoms with Crippen LogP contribution in [0.5, 0.6) is 5.75 Å². The van der Waals surface area contributed by atoms with Gasteiger partial charge in [0.2, 0.25) is 0 Å². The third-order valence-corrected chi connectivity index (χ3v) is 6.12. The summed E-state index contributed by atoms with van der Waals surface area (Å²) in [5, 5.41) is 10.6. The molecule has 0 radical (unpaired) electrons. The number of aryl methyl sites for hydroxylation is 1. The molecule has 4 rings (SSSR count). The lowest BCUT2D eigenvalue weighted by Gasteiger charge is -2.15. The van der Waals surface area contributed by atoms with Crippen LogP contribution in [0.3, 0.4) is 0 Å². The Morgan fingerprint density at radius 2 is 2.12 bits per heavy atom. The van der Waals surface area contributed by atoms with E-state index in [1.54, 1.807) is 11.3 Å². The van der Waals surface area contributed by atoms with Crippen molar-refractivity contribution < 1.29 is 14.6 Å². The van der Waals surface area contributed by atoms with Crippen LogP contribution in [0.15, 0.2) is 42.5 Å². The molecule has 26 heavy (non-hydrogen) atoms. The number of amides is 1. The standard InChI is InChI=1S/C20H18ClNO3S/c1-12-7-15-17(25-11-13-5-3-2-4-6-13)8-16-18(19(15)26-12)14(9-21)10-22(16)20(23)24/h2-8,14H,9-11H2,1H3,(H,23,24)/t14-/m1/s1. The highest BCUT2D eigenvalue weighted by atomic mass is 35.5. The van der Waals surface area contributed by atoms with Crippen molar-refractivity contribution in [2.24, 2.45) is 0 Å². The first-order valence-corrected chi connectivity index (χ1v) is 9.73. The summed E-state index contributed by atoms with van der Waals surface area (Å²) in [6.07, 6.45) is -0.958. The van der Waals surface area contributed by atoms with E-state index >= 15 is 0 Å². The molecule has 6 heteroatoms. The summed E-state index contributed by atoms with van der Waals surface area (Å²) in [7, 11) is 0. The number of benzene rings is 2. The molecule has 0 unspecified atom stereocenters. The highest BCUT2D eigenvalue weighted by Gasteiger charge is 2.35. The van der Waals surface area contributed by atoms with Crippen molar-refractivity contribution in [3.63, 3.8) is 0 Å². The third-order valence-electron chi connectivity index (χ3n) is 4.67. The summed E-state index contributed by atoms with van der Waals surface area (Å²) >= 11 is 7.82. The average Bonchev–Trinajstić information content (AvgIpc) is 3.20. The minimum Gasteiger partial charge on any atom is -0.488 e. The minimum absolute atomic E-state index is 0.00601. The van der Waals surface area contributed by atoms with Crippen molar-refractivity contribution in [1.82, 2.24) is 0 Å². The Morgan fingerprint density at radius 3 is 2.81 bits per heavy atom. The predicted octanol–water partition coefficient (Wildman–Crippen LogP) is 5.61. The molecule has 3 aromatic rings. The number of halogens is 1. The summed E-state index contributed by atoms with van der Waals surface area (Å²) in [6.45, 7) is 2.88. The molecule has 4 nitrogen and oxygen atoms in total. The van der Waals surface area contributed by atoms with Gasteiger partial charge in [-0.25, -0.2) is 4.79 Å². The van der Waals surface area contributed by atoms with E-state index in [1.165, 1.54) is 9.78 Å². The zero-order chi connectivity index (χ0) is 18.3. The summed E-state index contributed by atoms with van der Waals surface area (Å²) in [5.41, 5.74) is 2.80. The van der Waals surface area contributed by atoms with Gasteiger partial charge in [0, 0.05) is 44.9 Å². The number of anilines is 1. The zero-order valence-electron chi connectivity index (χ0n) is 14.2. The molecule has 1 amide bonds. The van der Waals surface area contributed by atoms with Gasteiger partial charge in [-0.3, -0.25) is 4.90 Å². The molecule has 1 aliphatic rings. The Balaban J connectivity index is 1.81. The number of alkyl halides is 1. The van der Waals surface area contributed by atoms with Gasteiger partial charge >= 0.3 is 6.09 Å². The first-order chi connectivity index (χ1) is 12.6. The first kappa shape index (κ1) is 17.2. The lowest BCUT2D eigenvalue weighted by molar-refractivity contribution is 0.202. The van der Waals surface area contributed by atoms with Crippen molar-refractivity contribution in [2.75, 3.05) is 17.3 Å². The summed E-state index contributed by atoms with van der Waals surface area (Å²) in [6, 6.07) is 13.9. The molecule has 1 aliphatic heterocycles.